The van der Waals surface area contributed by atoms with Crippen molar-refractivity contribution in [1.29, 1.82) is 0 Å². The Balaban J connectivity index is 1.85. The summed E-state index contributed by atoms with van der Waals surface area (Å²) in [4.78, 5) is 2.66. The lowest BCUT2D eigenvalue weighted by Gasteiger charge is -2.15. The highest BCUT2D eigenvalue weighted by atomic mass is 79.9. The molecule has 0 bridgehead atoms. The van der Waals surface area contributed by atoms with Crippen LogP contribution in [0.4, 0.5) is 0 Å². The van der Waals surface area contributed by atoms with Crippen molar-refractivity contribution in [1.82, 2.24) is 5.32 Å². The largest absolute Gasteiger partial charge is 0.329 e. The summed E-state index contributed by atoms with van der Waals surface area (Å²) in [6, 6.07) is 2.49. The maximum absolute atomic E-state index is 5.87. The molecule has 1 unspecified atom stereocenters. The van der Waals surface area contributed by atoms with E-state index in [1.165, 1.54) is 39.9 Å². The summed E-state index contributed by atoms with van der Waals surface area (Å²) in [5.41, 5.74) is 7.49. The predicted molar refractivity (Wildman–Crippen MR) is 83.1 cm³/mol. The van der Waals surface area contributed by atoms with Gasteiger partial charge >= 0.3 is 0 Å². The highest BCUT2D eigenvalue weighted by molar-refractivity contribution is 9.10. The van der Waals surface area contributed by atoms with Crippen molar-refractivity contribution in [2.24, 2.45) is 5.73 Å². The molecule has 100 valence electrons. The first-order valence-corrected chi connectivity index (χ1v) is 8.19. The van der Waals surface area contributed by atoms with Gasteiger partial charge < -0.3 is 11.1 Å². The highest BCUT2D eigenvalue weighted by Gasteiger charge is 2.13. The number of thiophene rings is 1. The number of allylic oxidation sites excluding steroid dienone is 1. The zero-order valence-electron chi connectivity index (χ0n) is 10.8. The third-order valence-electron chi connectivity index (χ3n) is 3.43. The minimum absolute atomic E-state index is 0.294. The molecule has 1 heterocycles. The summed E-state index contributed by atoms with van der Waals surface area (Å²) in [5, 5.41) is 3.58. The molecular formula is C14H21BrN2S. The topological polar surface area (TPSA) is 38.0 Å². The minimum Gasteiger partial charge on any atom is -0.329 e. The fraction of sp³-hybridized carbons (Fsp3) is 0.571. The Hall–Kier alpha value is -0.160. The second-order valence-electron chi connectivity index (χ2n) is 4.80. The number of hydrogen-bond donors (Lipinski definition) is 2. The Bertz CT molecular complexity index is 406. The smallest absolute Gasteiger partial charge is 0.0539 e. The number of nitrogens with two attached hydrogens (primary N) is 1. The molecule has 2 rings (SSSR count). The lowest BCUT2D eigenvalue weighted by atomic mass is 10.1. The van der Waals surface area contributed by atoms with E-state index in [0.29, 0.717) is 12.6 Å². The number of hydrogen-bond acceptors (Lipinski definition) is 3. The van der Waals surface area contributed by atoms with Gasteiger partial charge in [-0.15, -0.1) is 11.3 Å². The summed E-state index contributed by atoms with van der Waals surface area (Å²) in [5.74, 6) is 0. The SMILES string of the molecule is Cc1sc(C(CN)NCCC2=CCCC2)cc1Br. The highest BCUT2D eigenvalue weighted by Crippen LogP contribution is 2.30. The Labute approximate surface area is 122 Å². The van der Waals surface area contributed by atoms with Gasteiger partial charge in [0.1, 0.15) is 0 Å². The van der Waals surface area contributed by atoms with Gasteiger partial charge in [0.25, 0.3) is 0 Å². The molecule has 0 aliphatic heterocycles. The summed E-state index contributed by atoms with van der Waals surface area (Å²) < 4.78 is 1.20. The Morgan fingerprint density at radius 2 is 2.39 bits per heavy atom. The van der Waals surface area contributed by atoms with Gasteiger partial charge in [-0.3, -0.25) is 0 Å². The average molecular weight is 329 g/mol. The Morgan fingerprint density at radius 3 is 2.94 bits per heavy atom. The number of rotatable bonds is 6. The summed E-state index contributed by atoms with van der Waals surface area (Å²) in [6.07, 6.45) is 7.46. The Kier molecular flexibility index (Phi) is 5.42. The van der Waals surface area contributed by atoms with Crippen molar-refractivity contribution >= 4 is 27.3 Å². The molecule has 1 atom stereocenters. The van der Waals surface area contributed by atoms with Crippen molar-refractivity contribution < 1.29 is 0 Å². The number of aryl methyl sites for hydroxylation is 1. The molecule has 0 radical (unpaired) electrons. The van der Waals surface area contributed by atoms with Crippen LogP contribution in [0.3, 0.4) is 0 Å². The molecule has 1 aliphatic carbocycles. The van der Waals surface area contributed by atoms with Gasteiger partial charge in [0.15, 0.2) is 0 Å². The predicted octanol–water partition coefficient (Wildman–Crippen LogP) is 3.91. The number of halogens is 1. The third-order valence-corrected chi connectivity index (χ3v) is 5.68. The normalized spacial score (nSPS) is 16.9. The number of nitrogens with one attached hydrogen (secondary N) is 1. The molecule has 0 fully saturated rings. The van der Waals surface area contributed by atoms with Crippen molar-refractivity contribution in [3.8, 4) is 0 Å². The molecule has 0 saturated carbocycles. The molecule has 4 heteroatoms. The van der Waals surface area contributed by atoms with Gasteiger partial charge in [-0.05, 0) is 61.1 Å². The van der Waals surface area contributed by atoms with Gasteiger partial charge in [-0.2, -0.15) is 0 Å². The van der Waals surface area contributed by atoms with Crippen LogP contribution < -0.4 is 11.1 Å². The van der Waals surface area contributed by atoms with Crippen LogP contribution in [0.1, 0.15) is 41.5 Å². The van der Waals surface area contributed by atoms with Crippen LogP contribution in [0.2, 0.25) is 0 Å². The zero-order chi connectivity index (χ0) is 13.0. The van der Waals surface area contributed by atoms with Gasteiger partial charge in [-0.25, -0.2) is 0 Å². The first-order chi connectivity index (χ1) is 8.70. The van der Waals surface area contributed by atoms with E-state index >= 15 is 0 Å². The minimum atomic E-state index is 0.294. The van der Waals surface area contributed by atoms with Crippen molar-refractivity contribution in [2.75, 3.05) is 13.1 Å². The maximum Gasteiger partial charge on any atom is 0.0539 e. The lowest BCUT2D eigenvalue weighted by molar-refractivity contribution is 0.549. The molecule has 1 aliphatic rings. The molecule has 2 nitrogen and oxygen atoms in total. The first kappa shape index (κ1) is 14.3. The zero-order valence-corrected chi connectivity index (χ0v) is 13.2. The van der Waals surface area contributed by atoms with Gasteiger partial charge in [0, 0.05) is 20.8 Å². The van der Waals surface area contributed by atoms with Crippen molar-refractivity contribution in [2.45, 2.75) is 38.6 Å². The second kappa shape index (κ2) is 6.85. The lowest BCUT2D eigenvalue weighted by Crippen LogP contribution is -2.28. The summed E-state index contributed by atoms with van der Waals surface area (Å²) in [6.45, 7) is 3.82. The molecule has 1 aromatic rings. The van der Waals surface area contributed by atoms with Crippen LogP contribution in [0.5, 0.6) is 0 Å². The fourth-order valence-electron chi connectivity index (χ4n) is 2.32. The Morgan fingerprint density at radius 1 is 1.56 bits per heavy atom. The van der Waals surface area contributed by atoms with E-state index in [2.05, 4.69) is 40.3 Å². The molecule has 0 amide bonds. The monoisotopic (exact) mass is 328 g/mol. The fourth-order valence-corrected chi connectivity index (χ4v) is 3.97. The van der Waals surface area contributed by atoms with E-state index < -0.39 is 0 Å². The molecular weight excluding hydrogens is 308 g/mol. The summed E-state index contributed by atoms with van der Waals surface area (Å²) >= 11 is 5.39. The van der Waals surface area contributed by atoms with Crippen LogP contribution >= 0.6 is 27.3 Å². The van der Waals surface area contributed by atoms with Crippen LogP contribution in [-0.2, 0) is 0 Å². The van der Waals surface area contributed by atoms with Crippen LogP contribution in [0.15, 0.2) is 22.2 Å². The van der Waals surface area contributed by atoms with E-state index in [1.807, 2.05) is 11.3 Å². The van der Waals surface area contributed by atoms with E-state index in [-0.39, 0.29) is 0 Å². The van der Waals surface area contributed by atoms with Crippen LogP contribution in [0.25, 0.3) is 0 Å². The van der Waals surface area contributed by atoms with E-state index in [1.54, 1.807) is 5.57 Å². The van der Waals surface area contributed by atoms with Crippen LogP contribution in [0, 0.1) is 6.92 Å². The first-order valence-electron chi connectivity index (χ1n) is 6.58. The summed E-state index contributed by atoms with van der Waals surface area (Å²) in [7, 11) is 0. The second-order valence-corrected chi connectivity index (χ2v) is 6.94. The van der Waals surface area contributed by atoms with Gasteiger partial charge in [-0.1, -0.05) is 11.6 Å². The molecule has 3 N–H and O–H groups in total. The van der Waals surface area contributed by atoms with E-state index in [4.69, 9.17) is 5.73 Å². The molecule has 18 heavy (non-hydrogen) atoms. The van der Waals surface area contributed by atoms with Crippen molar-refractivity contribution in [3.05, 3.63) is 31.9 Å². The molecule has 1 aromatic heterocycles. The van der Waals surface area contributed by atoms with Gasteiger partial charge in [0.2, 0.25) is 0 Å². The van der Waals surface area contributed by atoms with E-state index in [0.717, 1.165) is 6.54 Å². The third kappa shape index (κ3) is 3.67. The van der Waals surface area contributed by atoms with Crippen molar-refractivity contribution in [3.63, 3.8) is 0 Å². The molecule has 0 aromatic carbocycles. The maximum atomic E-state index is 5.87. The van der Waals surface area contributed by atoms with Crippen LogP contribution in [-0.4, -0.2) is 13.1 Å². The standard InChI is InChI=1S/C14H21BrN2S/c1-10-12(15)8-14(18-10)13(9-16)17-7-6-11-4-2-3-5-11/h4,8,13,17H,2-3,5-7,9,16H2,1H3. The molecule has 0 saturated heterocycles. The quantitative estimate of drug-likeness (QED) is 0.777. The van der Waals surface area contributed by atoms with Gasteiger partial charge in [0.05, 0.1) is 6.04 Å². The molecule has 0 spiro atoms. The van der Waals surface area contributed by atoms with E-state index in [9.17, 15) is 0 Å². The average Bonchev–Trinajstić information content (AvgIpc) is 2.96.